The molecule has 3 aromatic carbocycles. The highest BCUT2D eigenvalue weighted by atomic mass is 28.4. The maximum Gasteiger partial charge on any atom is 0.335 e. The summed E-state index contributed by atoms with van der Waals surface area (Å²) in [5, 5.41) is 0.148. The van der Waals surface area contributed by atoms with Crippen LogP contribution >= 0.6 is 0 Å². The van der Waals surface area contributed by atoms with E-state index in [9.17, 15) is 4.79 Å². The van der Waals surface area contributed by atoms with Crippen molar-refractivity contribution in [3.63, 3.8) is 0 Å². The second kappa shape index (κ2) is 14.9. The lowest BCUT2D eigenvalue weighted by atomic mass is 10.1. The van der Waals surface area contributed by atoms with Gasteiger partial charge in [-0.25, -0.2) is 4.79 Å². The molecule has 0 aliphatic heterocycles. The molecule has 0 aliphatic rings. The van der Waals surface area contributed by atoms with Crippen LogP contribution < -0.4 is 18.6 Å². The molecule has 0 fully saturated rings. The molecule has 0 radical (unpaired) electrons. The molecule has 0 amide bonds. The smallest absolute Gasteiger partial charge is 0.335 e. The van der Waals surface area contributed by atoms with Gasteiger partial charge >= 0.3 is 5.97 Å². The minimum absolute atomic E-state index is 0.148. The summed E-state index contributed by atoms with van der Waals surface area (Å²) in [5.74, 6) is 3.55. The van der Waals surface area contributed by atoms with Crippen molar-refractivity contribution in [2.45, 2.75) is 64.8 Å². The lowest BCUT2D eigenvalue weighted by molar-refractivity contribution is -0.154. The number of rotatable bonds is 15. The standard InChI is InChI=1S/C33H44O7Si/c1-8-36-32(34)31(35-5)24-25-10-12-26(13-11-25)37-22-9-23-38-27-14-16-28(17-15-27)39-29-18-20-30(21-19-29)40-41(6,7)33(2,3)4/h10-21,31H,8-9,22-24H2,1-7H3/t31-/m0/s1. The van der Waals surface area contributed by atoms with Crippen LogP contribution in [0, 0.1) is 0 Å². The molecule has 0 heterocycles. The Labute approximate surface area is 245 Å². The van der Waals surface area contributed by atoms with Gasteiger partial charge in [-0.1, -0.05) is 32.9 Å². The van der Waals surface area contributed by atoms with Crippen LogP contribution in [0.3, 0.4) is 0 Å². The molecule has 0 bridgehead atoms. The van der Waals surface area contributed by atoms with Gasteiger partial charge in [-0.15, -0.1) is 0 Å². The van der Waals surface area contributed by atoms with E-state index in [0.29, 0.717) is 26.2 Å². The van der Waals surface area contributed by atoms with Gasteiger partial charge < -0.3 is 28.1 Å². The largest absolute Gasteiger partial charge is 0.543 e. The number of carbonyl (C=O) groups excluding carboxylic acids is 1. The molecule has 3 rings (SSSR count). The Morgan fingerprint density at radius 3 is 1.68 bits per heavy atom. The topological polar surface area (TPSA) is 72.5 Å². The number of hydrogen-bond acceptors (Lipinski definition) is 7. The molecule has 0 aromatic heterocycles. The van der Waals surface area contributed by atoms with E-state index in [0.717, 1.165) is 40.7 Å². The Balaban J connectivity index is 1.37. The maximum absolute atomic E-state index is 11.9. The number of esters is 1. The van der Waals surface area contributed by atoms with Crippen LogP contribution in [0.15, 0.2) is 72.8 Å². The van der Waals surface area contributed by atoms with Crippen LogP contribution in [0.4, 0.5) is 0 Å². The summed E-state index contributed by atoms with van der Waals surface area (Å²) in [4.78, 5) is 11.9. The van der Waals surface area contributed by atoms with Crippen molar-refractivity contribution >= 4 is 14.3 Å². The Kier molecular flexibility index (Phi) is 11.7. The van der Waals surface area contributed by atoms with Crippen LogP contribution in [0.2, 0.25) is 18.1 Å². The first-order chi connectivity index (χ1) is 19.5. The highest BCUT2D eigenvalue weighted by Crippen LogP contribution is 2.37. The molecule has 1 atom stereocenters. The van der Waals surface area contributed by atoms with Gasteiger partial charge in [-0.05, 0) is 91.3 Å². The first-order valence-corrected chi connectivity index (χ1v) is 17.0. The van der Waals surface area contributed by atoms with E-state index in [1.54, 1.807) is 6.92 Å². The summed E-state index contributed by atoms with van der Waals surface area (Å²) >= 11 is 0. The van der Waals surface area contributed by atoms with Gasteiger partial charge in [0.05, 0.1) is 19.8 Å². The van der Waals surface area contributed by atoms with Crippen molar-refractivity contribution in [2.75, 3.05) is 26.9 Å². The first-order valence-electron chi connectivity index (χ1n) is 14.1. The summed E-state index contributed by atoms with van der Waals surface area (Å²) in [6.45, 7) is 14.3. The summed E-state index contributed by atoms with van der Waals surface area (Å²) in [6.07, 6.45) is 0.572. The van der Waals surface area contributed by atoms with Crippen molar-refractivity contribution in [3.8, 4) is 28.7 Å². The van der Waals surface area contributed by atoms with Gasteiger partial charge in [0.2, 0.25) is 8.32 Å². The van der Waals surface area contributed by atoms with Crippen LogP contribution in [-0.2, 0) is 20.7 Å². The van der Waals surface area contributed by atoms with Crippen molar-refractivity contribution in [2.24, 2.45) is 0 Å². The number of hydrogen-bond donors (Lipinski definition) is 0. The summed E-state index contributed by atoms with van der Waals surface area (Å²) in [5.41, 5.74) is 0.973. The minimum atomic E-state index is -1.87. The average Bonchev–Trinajstić information content (AvgIpc) is 2.93. The quantitative estimate of drug-likeness (QED) is 0.103. The fourth-order valence-corrected chi connectivity index (χ4v) is 4.67. The van der Waals surface area contributed by atoms with Gasteiger partial charge in [-0.2, -0.15) is 0 Å². The van der Waals surface area contributed by atoms with Gasteiger partial charge in [0.25, 0.3) is 0 Å². The number of methoxy groups -OCH3 is 1. The van der Waals surface area contributed by atoms with Crippen molar-refractivity contribution in [3.05, 3.63) is 78.4 Å². The molecule has 41 heavy (non-hydrogen) atoms. The fourth-order valence-electron chi connectivity index (χ4n) is 3.64. The lowest BCUT2D eigenvalue weighted by Gasteiger charge is -2.36. The average molecular weight is 581 g/mol. The van der Waals surface area contributed by atoms with Crippen LogP contribution in [0.1, 0.15) is 39.7 Å². The second-order valence-corrected chi connectivity index (χ2v) is 16.0. The lowest BCUT2D eigenvalue weighted by Crippen LogP contribution is -2.43. The van der Waals surface area contributed by atoms with Crippen LogP contribution in [0.5, 0.6) is 28.7 Å². The van der Waals surface area contributed by atoms with Crippen molar-refractivity contribution < 1.29 is 32.9 Å². The summed E-state index contributed by atoms with van der Waals surface area (Å²) in [6, 6.07) is 23.0. The second-order valence-electron chi connectivity index (χ2n) is 11.3. The van der Waals surface area contributed by atoms with E-state index >= 15 is 0 Å². The predicted octanol–water partition coefficient (Wildman–Crippen LogP) is 7.83. The summed E-state index contributed by atoms with van der Waals surface area (Å²) < 4.78 is 34.3. The normalized spacial score (nSPS) is 12.4. The van der Waals surface area contributed by atoms with Gasteiger partial charge in [0.1, 0.15) is 28.7 Å². The van der Waals surface area contributed by atoms with Crippen LogP contribution in [-0.4, -0.2) is 47.3 Å². The predicted molar refractivity (Wildman–Crippen MR) is 164 cm³/mol. The molecule has 0 N–H and O–H groups in total. The molecule has 0 saturated carbocycles. The van der Waals surface area contributed by atoms with Gasteiger partial charge in [0, 0.05) is 20.0 Å². The third-order valence-electron chi connectivity index (χ3n) is 7.07. The molecule has 0 saturated heterocycles. The first kappa shape index (κ1) is 32.0. The van der Waals surface area contributed by atoms with Gasteiger partial charge in [-0.3, -0.25) is 0 Å². The fraction of sp³-hybridized carbons (Fsp3) is 0.424. The van der Waals surface area contributed by atoms with E-state index in [1.807, 2.05) is 72.8 Å². The zero-order chi connectivity index (χ0) is 29.9. The molecule has 0 spiro atoms. The third-order valence-corrected chi connectivity index (χ3v) is 11.4. The van der Waals surface area contributed by atoms with Crippen molar-refractivity contribution in [1.29, 1.82) is 0 Å². The Hall–Kier alpha value is -3.49. The Morgan fingerprint density at radius 1 is 0.756 bits per heavy atom. The molecular formula is C33H44O7Si. The Bertz CT molecular complexity index is 1200. The van der Waals surface area contributed by atoms with Gasteiger partial charge in [0.15, 0.2) is 6.10 Å². The Morgan fingerprint density at radius 2 is 1.22 bits per heavy atom. The molecular weight excluding hydrogens is 536 g/mol. The molecule has 0 aliphatic carbocycles. The van der Waals surface area contributed by atoms with E-state index in [2.05, 4.69) is 33.9 Å². The zero-order valence-electron chi connectivity index (χ0n) is 25.4. The number of benzene rings is 3. The highest BCUT2D eigenvalue weighted by Gasteiger charge is 2.38. The summed E-state index contributed by atoms with van der Waals surface area (Å²) in [7, 11) is -0.362. The highest BCUT2D eigenvalue weighted by molar-refractivity contribution is 6.74. The third kappa shape index (κ3) is 10.1. The monoisotopic (exact) mass is 580 g/mol. The van der Waals surface area contributed by atoms with Crippen molar-refractivity contribution in [1.82, 2.24) is 0 Å². The zero-order valence-corrected chi connectivity index (χ0v) is 26.4. The molecule has 0 unspecified atom stereocenters. The SMILES string of the molecule is CCOC(=O)[C@H](Cc1ccc(OCCCOc2ccc(Oc3ccc(O[Si](C)(C)C(C)(C)C)cc3)cc2)cc1)OC. The maximum atomic E-state index is 11.9. The van der Waals surface area contributed by atoms with E-state index in [-0.39, 0.29) is 11.0 Å². The molecule has 8 heteroatoms. The van der Waals surface area contributed by atoms with E-state index in [4.69, 9.17) is 28.1 Å². The van der Waals surface area contributed by atoms with Crippen LogP contribution in [0.25, 0.3) is 0 Å². The molecule has 222 valence electrons. The van der Waals surface area contributed by atoms with E-state index in [1.165, 1.54) is 7.11 Å². The number of carbonyl (C=O) groups is 1. The molecule has 3 aromatic rings. The minimum Gasteiger partial charge on any atom is -0.543 e. The molecule has 7 nitrogen and oxygen atoms in total. The number of ether oxygens (including phenoxy) is 5. The van der Waals surface area contributed by atoms with E-state index < -0.39 is 14.4 Å².